The fraction of sp³-hybridized carbons (Fsp3) is 0.571. The molecule has 0 spiro atoms. The number of hydrogen-bond donors (Lipinski definition) is 0. The van der Waals surface area contributed by atoms with Gasteiger partial charge in [0.2, 0.25) is 0 Å². The van der Waals surface area contributed by atoms with Gasteiger partial charge in [0.1, 0.15) is 11.9 Å². The second-order valence-corrected chi connectivity index (χ2v) is 5.13. The molecule has 18 heavy (non-hydrogen) atoms. The maximum Gasteiger partial charge on any atom is 0.146 e. The largest absolute Gasteiger partial charge is 0.354 e. The van der Waals surface area contributed by atoms with Crippen LogP contribution in [0.15, 0.2) is 18.3 Å². The Morgan fingerprint density at radius 2 is 2.06 bits per heavy atom. The van der Waals surface area contributed by atoms with E-state index in [1.54, 1.807) is 6.20 Å². The average Bonchev–Trinajstić information content (AvgIpc) is 2.33. The molecule has 4 nitrogen and oxygen atoms in total. The SMILES string of the molecule is CC(C)CN(CCN(C)C)c1ncccc1C#N. The monoisotopic (exact) mass is 246 g/mol. The first-order valence-corrected chi connectivity index (χ1v) is 6.29. The van der Waals surface area contributed by atoms with Gasteiger partial charge in [-0.05, 0) is 32.1 Å². The van der Waals surface area contributed by atoms with Gasteiger partial charge in [0.25, 0.3) is 0 Å². The highest BCUT2D eigenvalue weighted by Gasteiger charge is 2.13. The lowest BCUT2D eigenvalue weighted by Crippen LogP contribution is -2.35. The van der Waals surface area contributed by atoms with E-state index in [0.717, 1.165) is 25.5 Å². The van der Waals surface area contributed by atoms with Crippen LogP contribution in [-0.2, 0) is 0 Å². The lowest BCUT2D eigenvalue weighted by molar-refractivity contribution is 0.408. The Bertz CT molecular complexity index is 407. The summed E-state index contributed by atoms with van der Waals surface area (Å²) in [6.07, 6.45) is 1.75. The minimum atomic E-state index is 0.542. The first-order valence-electron chi connectivity index (χ1n) is 6.29. The molecule has 1 heterocycles. The summed E-state index contributed by atoms with van der Waals surface area (Å²) >= 11 is 0. The number of likely N-dealkylation sites (N-methyl/N-ethyl adjacent to an activating group) is 1. The van der Waals surface area contributed by atoms with Gasteiger partial charge in [-0.3, -0.25) is 0 Å². The van der Waals surface area contributed by atoms with Gasteiger partial charge in [-0.15, -0.1) is 0 Å². The molecule has 0 atom stereocenters. The Kier molecular flexibility index (Phi) is 5.60. The van der Waals surface area contributed by atoms with E-state index in [-0.39, 0.29) is 0 Å². The van der Waals surface area contributed by atoms with Crippen LogP contribution in [0.5, 0.6) is 0 Å². The Labute approximate surface area is 110 Å². The summed E-state index contributed by atoms with van der Waals surface area (Å²) in [5, 5.41) is 9.15. The van der Waals surface area contributed by atoms with E-state index in [0.29, 0.717) is 11.5 Å². The molecule has 0 aliphatic carbocycles. The van der Waals surface area contributed by atoms with Crippen LogP contribution in [0.3, 0.4) is 0 Å². The third-order valence-corrected chi connectivity index (χ3v) is 2.61. The van der Waals surface area contributed by atoms with Crippen molar-refractivity contribution in [3.63, 3.8) is 0 Å². The summed E-state index contributed by atoms with van der Waals surface area (Å²) in [7, 11) is 4.11. The standard InChI is InChI=1S/C14H22N4/c1-12(2)11-18(9-8-17(3)4)14-13(10-15)6-5-7-16-14/h5-7,12H,8-9,11H2,1-4H3. The van der Waals surface area contributed by atoms with E-state index in [9.17, 15) is 0 Å². The van der Waals surface area contributed by atoms with Gasteiger partial charge in [0, 0.05) is 25.8 Å². The van der Waals surface area contributed by atoms with Crippen molar-refractivity contribution in [2.24, 2.45) is 5.92 Å². The molecule has 0 N–H and O–H groups in total. The zero-order chi connectivity index (χ0) is 13.5. The third kappa shape index (κ3) is 4.34. The number of hydrogen-bond acceptors (Lipinski definition) is 4. The Hall–Kier alpha value is -1.60. The number of anilines is 1. The summed E-state index contributed by atoms with van der Waals surface area (Å²) in [6, 6.07) is 5.85. The molecule has 0 aliphatic rings. The molecule has 0 saturated heterocycles. The van der Waals surface area contributed by atoms with Crippen LogP contribution < -0.4 is 4.90 Å². The number of aromatic nitrogens is 1. The molecule has 1 rings (SSSR count). The molecule has 1 aromatic rings. The first-order chi connectivity index (χ1) is 8.54. The van der Waals surface area contributed by atoms with Gasteiger partial charge >= 0.3 is 0 Å². The highest BCUT2D eigenvalue weighted by molar-refractivity contribution is 5.53. The van der Waals surface area contributed by atoms with Gasteiger partial charge in [0.05, 0.1) is 5.56 Å². The molecule has 98 valence electrons. The maximum atomic E-state index is 9.15. The van der Waals surface area contributed by atoms with Gasteiger partial charge in [-0.25, -0.2) is 4.98 Å². The molecule has 0 bridgehead atoms. The van der Waals surface area contributed by atoms with Crippen molar-refractivity contribution >= 4 is 5.82 Å². The minimum Gasteiger partial charge on any atom is -0.354 e. The topological polar surface area (TPSA) is 43.2 Å². The Morgan fingerprint density at radius 3 is 2.61 bits per heavy atom. The van der Waals surface area contributed by atoms with Gasteiger partial charge in [-0.1, -0.05) is 13.8 Å². The summed E-state index contributed by atoms with van der Waals surface area (Å²) in [4.78, 5) is 8.70. The predicted molar refractivity (Wildman–Crippen MR) is 74.6 cm³/mol. The highest BCUT2D eigenvalue weighted by Crippen LogP contribution is 2.17. The van der Waals surface area contributed by atoms with Crippen molar-refractivity contribution in [3.8, 4) is 6.07 Å². The van der Waals surface area contributed by atoms with Crippen LogP contribution in [0.25, 0.3) is 0 Å². The van der Waals surface area contributed by atoms with Crippen LogP contribution in [0, 0.1) is 17.2 Å². The van der Waals surface area contributed by atoms with E-state index in [1.165, 1.54) is 0 Å². The summed E-state index contributed by atoms with van der Waals surface area (Å²) < 4.78 is 0. The van der Waals surface area contributed by atoms with Crippen molar-refractivity contribution in [1.29, 1.82) is 5.26 Å². The second kappa shape index (κ2) is 6.97. The van der Waals surface area contributed by atoms with E-state index >= 15 is 0 Å². The number of pyridine rings is 1. The van der Waals surface area contributed by atoms with Crippen LogP contribution in [0.2, 0.25) is 0 Å². The van der Waals surface area contributed by atoms with Crippen molar-refractivity contribution in [2.75, 3.05) is 38.6 Å². The van der Waals surface area contributed by atoms with Crippen LogP contribution in [0.4, 0.5) is 5.82 Å². The molecule has 0 unspecified atom stereocenters. The number of nitrogens with zero attached hydrogens (tertiary/aromatic N) is 4. The Morgan fingerprint density at radius 1 is 1.33 bits per heavy atom. The third-order valence-electron chi connectivity index (χ3n) is 2.61. The van der Waals surface area contributed by atoms with E-state index in [4.69, 9.17) is 5.26 Å². The quantitative estimate of drug-likeness (QED) is 0.770. The summed E-state index contributed by atoms with van der Waals surface area (Å²) in [6.45, 7) is 7.11. The molecule has 0 amide bonds. The lowest BCUT2D eigenvalue weighted by Gasteiger charge is -2.27. The van der Waals surface area contributed by atoms with E-state index in [1.807, 2.05) is 12.1 Å². The van der Waals surface area contributed by atoms with Crippen molar-refractivity contribution in [3.05, 3.63) is 23.9 Å². The zero-order valence-electron chi connectivity index (χ0n) is 11.7. The summed E-state index contributed by atoms with van der Waals surface area (Å²) in [5.74, 6) is 1.34. The highest BCUT2D eigenvalue weighted by atomic mass is 15.2. The van der Waals surface area contributed by atoms with Crippen LogP contribution in [0.1, 0.15) is 19.4 Å². The van der Waals surface area contributed by atoms with Gasteiger partial charge in [-0.2, -0.15) is 5.26 Å². The number of rotatable bonds is 6. The van der Waals surface area contributed by atoms with Gasteiger partial charge < -0.3 is 9.80 Å². The maximum absolute atomic E-state index is 9.15. The zero-order valence-corrected chi connectivity index (χ0v) is 11.7. The Balaban J connectivity index is 2.90. The molecule has 0 saturated carbocycles. The predicted octanol–water partition coefficient (Wildman–Crippen LogP) is 1.98. The van der Waals surface area contributed by atoms with Crippen LogP contribution >= 0.6 is 0 Å². The lowest BCUT2D eigenvalue weighted by atomic mass is 10.2. The molecule has 0 radical (unpaired) electrons. The minimum absolute atomic E-state index is 0.542. The van der Waals surface area contributed by atoms with Crippen LogP contribution in [-0.4, -0.2) is 43.6 Å². The van der Waals surface area contributed by atoms with E-state index < -0.39 is 0 Å². The normalized spacial score (nSPS) is 10.7. The first kappa shape index (κ1) is 14.5. The average molecular weight is 246 g/mol. The van der Waals surface area contributed by atoms with Gasteiger partial charge in [0.15, 0.2) is 0 Å². The van der Waals surface area contributed by atoms with Crippen molar-refractivity contribution in [1.82, 2.24) is 9.88 Å². The van der Waals surface area contributed by atoms with Crippen molar-refractivity contribution < 1.29 is 0 Å². The summed E-state index contributed by atoms with van der Waals surface area (Å²) in [5.41, 5.74) is 0.650. The fourth-order valence-corrected chi connectivity index (χ4v) is 1.78. The number of nitriles is 1. The molecular weight excluding hydrogens is 224 g/mol. The molecule has 0 fully saturated rings. The second-order valence-electron chi connectivity index (χ2n) is 5.13. The molecule has 1 aromatic heterocycles. The molecule has 0 aliphatic heterocycles. The van der Waals surface area contributed by atoms with Crippen molar-refractivity contribution in [2.45, 2.75) is 13.8 Å². The fourth-order valence-electron chi connectivity index (χ4n) is 1.78. The molecule has 0 aromatic carbocycles. The molecule has 4 heteroatoms. The molecular formula is C14H22N4. The van der Waals surface area contributed by atoms with E-state index in [2.05, 4.69) is 48.8 Å². The smallest absolute Gasteiger partial charge is 0.146 e.